The molecule has 0 radical (unpaired) electrons. The molecule has 0 bridgehead atoms. The summed E-state index contributed by atoms with van der Waals surface area (Å²) in [5.74, 6) is 0.476. The van der Waals surface area contributed by atoms with Gasteiger partial charge in [-0.2, -0.15) is 4.98 Å². The van der Waals surface area contributed by atoms with Gasteiger partial charge in [-0.15, -0.1) is 0 Å². The minimum absolute atomic E-state index is 0.0346. The van der Waals surface area contributed by atoms with Crippen molar-refractivity contribution in [2.24, 2.45) is 11.7 Å². The molecule has 1 heterocycles. The normalized spacial score (nSPS) is 22.3. The largest absolute Gasteiger partial charge is 0.476 e. The number of nitro groups is 1. The summed E-state index contributed by atoms with van der Waals surface area (Å²) in [6.07, 6.45) is 5.46. The number of hydrogen-bond donors (Lipinski definition) is 2. The van der Waals surface area contributed by atoms with E-state index in [1.165, 1.54) is 13.4 Å². The van der Waals surface area contributed by atoms with Gasteiger partial charge in [0.25, 0.3) is 5.88 Å². The maximum Gasteiger partial charge on any atom is 0.372 e. The van der Waals surface area contributed by atoms with E-state index >= 15 is 0 Å². The molecule has 0 aromatic carbocycles. The summed E-state index contributed by atoms with van der Waals surface area (Å²) in [5.41, 5.74) is 5.54. The van der Waals surface area contributed by atoms with Crippen molar-refractivity contribution >= 4 is 11.5 Å². The molecule has 2 atom stereocenters. The van der Waals surface area contributed by atoms with Gasteiger partial charge in [0.15, 0.2) is 0 Å². The van der Waals surface area contributed by atoms with Crippen molar-refractivity contribution in [1.29, 1.82) is 0 Å². The van der Waals surface area contributed by atoms with E-state index in [4.69, 9.17) is 10.5 Å². The van der Waals surface area contributed by atoms with E-state index < -0.39 is 4.92 Å². The summed E-state index contributed by atoms with van der Waals surface area (Å²) in [6.45, 7) is 0.563. The fraction of sp³-hybridized carbons (Fsp3) is 0.667. The molecule has 1 aromatic rings. The highest BCUT2D eigenvalue weighted by atomic mass is 16.6. The van der Waals surface area contributed by atoms with E-state index in [0.29, 0.717) is 12.5 Å². The van der Waals surface area contributed by atoms with Crippen molar-refractivity contribution in [3.05, 3.63) is 16.4 Å². The third-order valence-corrected chi connectivity index (χ3v) is 3.70. The lowest BCUT2D eigenvalue weighted by atomic mass is 9.84. The number of rotatable bonds is 5. The molecular formula is C12H19N5O3. The van der Waals surface area contributed by atoms with Crippen LogP contribution in [-0.4, -0.2) is 34.6 Å². The molecule has 8 nitrogen and oxygen atoms in total. The summed E-state index contributed by atoms with van der Waals surface area (Å²) in [5, 5.41) is 14.3. The Morgan fingerprint density at radius 1 is 1.50 bits per heavy atom. The molecule has 1 saturated carbocycles. The van der Waals surface area contributed by atoms with Gasteiger partial charge in [0.2, 0.25) is 5.82 Å². The van der Waals surface area contributed by atoms with E-state index in [2.05, 4.69) is 15.3 Å². The van der Waals surface area contributed by atoms with Crippen LogP contribution in [0.1, 0.15) is 25.7 Å². The van der Waals surface area contributed by atoms with Crippen molar-refractivity contribution in [2.45, 2.75) is 31.7 Å². The molecule has 0 aliphatic heterocycles. The number of nitrogens with zero attached hydrogens (tertiary/aromatic N) is 3. The first kappa shape index (κ1) is 14.4. The predicted molar refractivity (Wildman–Crippen MR) is 73.7 cm³/mol. The Bertz CT molecular complexity index is 482. The van der Waals surface area contributed by atoms with Gasteiger partial charge in [-0.3, -0.25) is 10.1 Å². The summed E-state index contributed by atoms with van der Waals surface area (Å²) in [4.78, 5) is 18.4. The number of anilines is 1. The monoisotopic (exact) mass is 281 g/mol. The standard InChI is InChI=1S/C12H19N5O3/c1-20-12-10(17(18)19)11(14-7-15-12)16-9-5-3-2-4-8(9)6-13/h7-9H,2-6,13H2,1H3,(H,14,15,16). The fourth-order valence-electron chi connectivity index (χ4n) is 2.64. The molecule has 1 aromatic heterocycles. The fourth-order valence-corrected chi connectivity index (χ4v) is 2.64. The first-order valence-corrected chi connectivity index (χ1v) is 6.67. The highest BCUT2D eigenvalue weighted by Crippen LogP contribution is 2.33. The summed E-state index contributed by atoms with van der Waals surface area (Å²) < 4.78 is 4.93. The minimum atomic E-state index is -0.526. The van der Waals surface area contributed by atoms with Crippen LogP contribution in [0.15, 0.2) is 6.33 Å². The smallest absolute Gasteiger partial charge is 0.372 e. The Hall–Kier alpha value is -1.96. The third kappa shape index (κ3) is 2.96. The Morgan fingerprint density at radius 3 is 2.90 bits per heavy atom. The second-order valence-corrected chi connectivity index (χ2v) is 4.87. The van der Waals surface area contributed by atoms with E-state index in [-0.39, 0.29) is 23.4 Å². The second kappa shape index (κ2) is 6.47. The van der Waals surface area contributed by atoms with Gasteiger partial charge >= 0.3 is 5.69 Å². The maximum atomic E-state index is 11.2. The zero-order chi connectivity index (χ0) is 14.5. The van der Waals surface area contributed by atoms with E-state index in [1.807, 2.05) is 0 Å². The molecule has 1 aliphatic rings. The maximum absolute atomic E-state index is 11.2. The van der Waals surface area contributed by atoms with Crippen LogP contribution in [0, 0.1) is 16.0 Å². The summed E-state index contributed by atoms with van der Waals surface area (Å²) in [7, 11) is 1.35. The van der Waals surface area contributed by atoms with Crippen molar-refractivity contribution in [3.8, 4) is 5.88 Å². The summed E-state index contributed by atoms with van der Waals surface area (Å²) >= 11 is 0. The average Bonchev–Trinajstić information content (AvgIpc) is 2.47. The lowest BCUT2D eigenvalue weighted by molar-refractivity contribution is -0.385. The zero-order valence-electron chi connectivity index (χ0n) is 11.4. The number of hydrogen-bond acceptors (Lipinski definition) is 7. The zero-order valence-corrected chi connectivity index (χ0v) is 11.4. The average molecular weight is 281 g/mol. The van der Waals surface area contributed by atoms with Crippen molar-refractivity contribution in [2.75, 3.05) is 19.0 Å². The second-order valence-electron chi connectivity index (χ2n) is 4.87. The van der Waals surface area contributed by atoms with Gasteiger partial charge in [-0.05, 0) is 25.3 Å². The molecule has 0 spiro atoms. The lowest BCUT2D eigenvalue weighted by Gasteiger charge is -2.31. The molecule has 110 valence electrons. The van der Waals surface area contributed by atoms with Crippen LogP contribution in [0.25, 0.3) is 0 Å². The Balaban J connectivity index is 2.26. The highest BCUT2D eigenvalue weighted by molar-refractivity contribution is 5.61. The molecule has 3 N–H and O–H groups in total. The van der Waals surface area contributed by atoms with Crippen LogP contribution in [0.3, 0.4) is 0 Å². The third-order valence-electron chi connectivity index (χ3n) is 3.70. The first-order chi connectivity index (χ1) is 9.67. The number of ether oxygens (including phenoxy) is 1. The number of methoxy groups -OCH3 is 1. The molecule has 0 saturated heterocycles. The van der Waals surface area contributed by atoms with Crippen LogP contribution < -0.4 is 15.8 Å². The van der Waals surface area contributed by atoms with Gasteiger partial charge in [0, 0.05) is 6.04 Å². The Kier molecular flexibility index (Phi) is 4.67. The van der Waals surface area contributed by atoms with Crippen LogP contribution in [-0.2, 0) is 0 Å². The molecule has 1 aliphatic carbocycles. The van der Waals surface area contributed by atoms with E-state index in [0.717, 1.165) is 25.7 Å². The SMILES string of the molecule is COc1ncnc(NC2CCCCC2CN)c1[N+](=O)[O-]. The van der Waals surface area contributed by atoms with Crippen LogP contribution in [0.2, 0.25) is 0 Å². The number of nitrogens with one attached hydrogen (secondary N) is 1. The predicted octanol–water partition coefficient (Wildman–Crippen LogP) is 1.32. The van der Waals surface area contributed by atoms with Crippen LogP contribution in [0.4, 0.5) is 11.5 Å². The summed E-state index contributed by atoms with van der Waals surface area (Å²) in [6, 6.07) is 0.104. The van der Waals surface area contributed by atoms with Crippen molar-refractivity contribution in [3.63, 3.8) is 0 Å². The Morgan fingerprint density at radius 2 is 2.25 bits per heavy atom. The molecular weight excluding hydrogens is 262 g/mol. The van der Waals surface area contributed by atoms with Crippen molar-refractivity contribution in [1.82, 2.24) is 9.97 Å². The Labute approximate surface area is 116 Å². The topological polar surface area (TPSA) is 116 Å². The van der Waals surface area contributed by atoms with E-state index in [1.54, 1.807) is 0 Å². The minimum Gasteiger partial charge on any atom is -0.476 e. The van der Waals surface area contributed by atoms with Gasteiger partial charge < -0.3 is 15.8 Å². The van der Waals surface area contributed by atoms with Crippen LogP contribution in [0.5, 0.6) is 5.88 Å². The quantitative estimate of drug-likeness (QED) is 0.617. The molecule has 1 fully saturated rings. The number of aromatic nitrogens is 2. The van der Waals surface area contributed by atoms with E-state index in [9.17, 15) is 10.1 Å². The first-order valence-electron chi connectivity index (χ1n) is 6.67. The number of nitrogens with two attached hydrogens (primary N) is 1. The van der Waals surface area contributed by atoms with Gasteiger partial charge in [-0.1, -0.05) is 12.8 Å². The molecule has 2 unspecified atom stereocenters. The van der Waals surface area contributed by atoms with Crippen molar-refractivity contribution < 1.29 is 9.66 Å². The highest BCUT2D eigenvalue weighted by Gasteiger charge is 2.29. The van der Waals surface area contributed by atoms with Crippen LogP contribution >= 0.6 is 0 Å². The molecule has 8 heteroatoms. The molecule has 20 heavy (non-hydrogen) atoms. The van der Waals surface area contributed by atoms with Gasteiger partial charge in [0.05, 0.1) is 12.0 Å². The molecule has 2 rings (SSSR count). The molecule has 0 amide bonds. The lowest BCUT2D eigenvalue weighted by Crippen LogP contribution is -2.37. The van der Waals surface area contributed by atoms with Gasteiger partial charge in [-0.25, -0.2) is 4.98 Å². The van der Waals surface area contributed by atoms with Gasteiger partial charge in [0.1, 0.15) is 6.33 Å².